The molecule has 3 aromatic rings. The van der Waals surface area contributed by atoms with E-state index in [1.165, 1.54) is 0 Å². The van der Waals surface area contributed by atoms with E-state index in [2.05, 4.69) is 19.2 Å². The molecule has 1 aromatic carbocycles. The lowest BCUT2D eigenvalue weighted by molar-refractivity contribution is -0.123. The number of amides is 1. The third-order valence-electron chi connectivity index (χ3n) is 4.74. The summed E-state index contributed by atoms with van der Waals surface area (Å²) in [6, 6.07) is 15.2. The monoisotopic (exact) mass is 396 g/mol. The number of ether oxygens (including phenoxy) is 1. The van der Waals surface area contributed by atoms with Crippen molar-refractivity contribution in [3.63, 3.8) is 0 Å². The average molecular weight is 396 g/mol. The molecule has 2 aromatic heterocycles. The van der Waals surface area contributed by atoms with E-state index in [0.29, 0.717) is 13.1 Å². The number of carbonyl (C=O) groups excluding carboxylic acids is 1. The molecule has 0 aliphatic heterocycles. The van der Waals surface area contributed by atoms with Crippen molar-refractivity contribution in [2.45, 2.75) is 33.0 Å². The van der Waals surface area contributed by atoms with Crippen LogP contribution in [0, 0.1) is 5.92 Å². The summed E-state index contributed by atoms with van der Waals surface area (Å²) >= 11 is 0. The molecule has 6 heteroatoms. The van der Waals surface area contributed by atoms with E-state index in [1.54, 1.807) is 19.6 Å². The van der Waals surface area contributed by atoms with Gasteiger partial charge in [-0.1, -0.05) is 26.0 Å². The number of hydrogen-bond donors (Lipinski definition) is 1. The normalized spacial score (nSPS) is 12.3. The molecule has 2 heterocycles. The summed E-state index contributed by atoms with van der Waals surface area (Å²) in [5, 5.41) is 3.18. The van der Waals surface area contributed by atoms with E-state index in [0.717, 1.165) is 22.8 Å². The Morgan fingerprint density at radius 1 is 1.00 bits per heavy atom. The van der Waals surface area contributed by atoms with E-state index < -0.39 is 0 Å². The number of hydrogen-bond acceptors (Lipinski definition) is 5. The van der Waals surface area contributed by atoms with Gasteiger partial charge in [0.2, 0.25) is 5.91 Å². The molecule has 0 aliphatic rings. The summed E-state index contributed by atoms with van der Waals surface area (Å²) in [7, 11) is 1.64. The SMILES string of the molecule is COc1ccc(C(NC(=O)CN(Cc2ccco2)Cc2ccco2)C(C)C)cc1. The Hall–Kier alpha value is -2.99. The van der Waals surface area contributed by atoms with Crippen molar-refractivity contribution in [3.8, 4) is 5.75 Å². The predicted octanol–water partition coefficient (Wildman–Crippen LogP) is 4.40. The third-order valence-corrected chi connectivity index (χ3v) is 4.74. The van der Waals surface area contributed by atoms with Gasteiger partial charge in [-0.3, -0.25) is 9.69 Å². The second-order valence-corrected chi connectivity index (χ2v) is 7.37. The minimum atomic E-state index is -0.0810. The van der Waals surface area contributed by atoms with Gasteiger partial charge in [0.1, 0.15) is 17.3 Å². The highest BCUT2D eigenvalue weighted by Gasteiger charge is 2.21. The first kappa shape index (κ1) is 20.7. The largest absolute Gasteiger partial charge is 0.497 e. The second kappa shape index (κ2) is 9.98. The van der Waals surface area contributed by atoms with Gasteiger partial charge in [-0.25, -0.2) is 0 Å². The van der Waals surface area contributed by atoms with Crippen LogP contribution >= 0.6 is 0 Å². The van der Waals surface area contributed by atoms with Crippen LogP contribution in [0.15, 0.2) is 69.9 Å². The first-order valence-electron chi connectivity index (χ1n) is 9.75. The summed E-state index contributed by atoms with van der Waals surface area (Å²) in [4.78, 5) is 14.9. The molecule has 0 saturated heterocycles. The zero-order chi connectivity index (χ0) is 20.6. The standard InChI is InChI=1S/C23H28N2O4/c1-17(2)23(18-8-10-19(27-3)11-9-18)24-22(26)16-25(14-20-6-4-12-28-20)15-21-7-5-13-29-21/h4-13,17,23H,14-16H2,1-3H3,(H,24,26). The van der Waals surface area contributed by atoms with Gasteiger partial charge in [-0.05, 0) is 47.9 Å². The molecule has 3 rings (SSSR count). The lowest BCUT2D eigenvalue weighted by Crippen LogP contribution is -2.39. The third kappa shape index (κ3) is 5.99. The van der Waals surface area contributed by atoms with Gasteiger partial charge < -0.3 is 18.9 Å². The first-order valence-corrected chi connectivity index (χ1v) is 9.75. The van der Waals surface area contributed by atoms with Crippen molar-refractivity contribution in [3.05, 3.63) is 78.1 Å². The molecule has 1 amide bonds. The molecular formula is C23H28N2O4. The van der Waals surface area contributed by atoms with Crippen LogP contribution in [0.1, 0.15) is 37.0 Å². The molecule has 6 nitrogen and oxygen atoms in total. The Labute approximate surface area is 171 Å². The molecule has 1 unspecified atom stereocenters. The van der Waals surface area contributed by atoms with Crippen molar-refractivity contribution >= 4 is 5.91 Å². The number of rotatable bonds is 10. The van der Waals surface area contributed by atoms with E-state index >= 15 is 0 Å². The average Bonchev–Trinajstić information content (AvgIpc) is 3.40. The number of nitrogens with one attached hydrogen (secondary N) is 1. The van der Waals surface area contributed by atoms with Crippen LogP contribution in [-0.2, 0) is 17.9 Å². The van der Waals surface area contributed by atoms with Gasteiger partial charge in [-0.2, -0.15) is 0 Å². The lowest BCUT2D eigenvalue weighted by atomic mass is 9.96. The zero-order valence-corrected chi connectivity index (χ0v) is 17.1. The van der Waals surface area contributed by atoms with Crippen molar-refractivity contribution in [1.82, 2.24) is 10.2 Å². The Bertz CT molecular complexity index is 819. The van der Waals surface area contributed by atoms with Crippen LogP contribution in [0.5, 0.6) is 5.75 Å². The number of carbonyl (C=O) groups is 1. The van der Waals surface area contributed by atoms with Crippen LogP contribution in [0.2, 0.25) is 0 Å². The lowest BCUT2D eigenvalue weighted by Gasteiger charge is -2.25. The first-order chi connectivity index (χ1) is 14.0. The molecule has 29 heavy (non-hydrogen) atoms. The number of methoxy groups -OCH3 is 1. The summed E-state index contributed by atoms with van der Waals surface area (Å²) in [6.07, 6.45) is 3.28. The number of nitrogens with zero attached hydrogens (tertiary/aromatic N) is 1. The molecule has 0 saturated carbocycles. The van der Waals surface area contributed by atoms with Crippen LogP contribution in [-0.4, -0.2) is 24.5 Å². The molecule has 0 fully saturated rings. The topological polar surface area (TPSA) is 67.8 Å². The Morgan fingerprint density at radius 2 is 1.59 bits per heavy atom. The number of benzene rings is 1. The van der Waals surface area contributed by atoms with Crippen LogP contribution in [0.3, 0.4) is 0 Å². The van der Waals surface area contributed by atoms with E-state index in [1.807, 2.05) is 53.4 Å². The highest BCUT2D eigenvalue weighted by molar-refractivity contribution is 5.78. The van der Waals surface area contributed by atoms with Gasteiger partial charge in [0.05, 0.1) is 45.3 Å². The zero-order valence-electron chi connectivity index (χ0n) is 17.1. The van der Waals surface area contributed by atoms with Gasteiger partial charge in [0, 0.05) is 0 Å². The van der Waals surface area contributed by atoms with E-state index in [4.69, 9.17) is 13.6 Å². The van der Waals surface area contributed by atoms with Gasteiger partial charge >= 0.3 is 0 Å². The molecular weight excluding hydrogens is 368 g/mol. The van der Waals surface area contributed by atoms with Crippen LogP contribution in [0.4, 0.5) is 0 Å². The molecule has 1 N–H and O–H groups in total. The molecule has 0 spiro atoms. The number of furan rings is 2. The van der Waals surface area contributed by atoms with Crippen LogP contribution < -0.4 is 10.1 Å². The molecule has 0 radical (unpaired) electrons. The molecule has 0 aliphatic carbocycles. The fourth-order valence-corrected chi connectivity index (χ4v) is 3.28. The van der Waals surface area contributed by atoms with Crippen molar-refractivity contribution < 1.29 is 18.4 Å². The fraction of sp³-hybridized carbons (Fsp3) is 0.348. The van der Waals surface area contributed by atoms with Crippen molar-refractivity contribution in [2.24, 2.45) is 5.92 Å². The van der Waals surface area contributed by atoms with E-state index in [-0.39, 0.29) is 24.4 Å². The smallest absolute Gasteiger partial charge is 0.234 e. The quantitative estimate of drug-likeness (QED) is 0.550. The minimum absolute atomic E-state index is 0.0439. The minimum Gasteiger partial charge on any atom is -0.497 e. The molecule has 0 bridgehead atoms. The van der Waals surface area contributed by atoms with Gasteiger partial charge in [-0.15, -0.1) is 0 Å². The Morgan fingerprint density at radius 3 is 2.03 bits per heavy atom. The fourth-order valence-electron chi connectivity index (χ4n) is 3.28. The van der Waals surface area contributed by atoms with Crippen molar-refractivity contribution in [1.29, 1.82) is 0 Å². The highest BCUT2D eigenvalue weighted by atomic mass is 16.5. The molecule has 1 atom stereocenters. The Balaban J connectivity index is 1.67. The summed E-state index contributed by atoms with van der Waals surface area (Å²) in [5.74, 6) is 2.61. The second-order valence-electron chi connectivity index (χ2n) is 7.37. The highest BCUT2D eigenvalue weighted by Crippen LogP contribution is 2.24. The molecule has 154 valence electrons. The van der Waals surface area contributed by atoms with Crippen molar-refractivity contribution in [2.75, 3.05) is 13.7 Å². The summed E-state index contributed by atoms with van der Waals surface area (Å²) < 4.78 is 16.1. The van der Waals surface area contributed by atoms with E-state index in [9.17, 15) is 4.79 Å². The van der Waals surface area contributed by atoms with Gasteiger partial charge in [0.15, 0.2) is 0 Å². The maximum atomic E-state index is 12.9. The van der Waals surface area contributed by atoms with Gasteiger partial charge in [0.25, 0.3) is 0 Å². The maximum Gasteiger partial charge on any atom is 0.234 e. The maximum absolute atomic E-state index is 12.9. The summed E-state index contributed by atoms with van der Waals surface area (Å²) in [6.45, 7) is 5.48. The Kier molecular flexibility index (Phi) is 7.14. The van der Waals surface area contributed by atoms with Crippen LogP contribution in [0.25, 0.3) is 0 Å². The summed E-state index contributed by atoms with van der Waals surface area (Å²) in [5.41, 5.74) is 1.05. The predicted molar refractivity (Wildman–Crippen MR) is 110 cm³/mol.